The zero-order valence-electron chi connectivity index (χ0n) is 10.5. The Labute approximate surface area is 110 Å². The van der Waals surface area contributed by atoms with Crippen LogP contribution < -0.4 is 9.47 Å². The first kappa shape index (κ1) is 12.7. The summed E-state index contributed by atoms with van der Waals surface area (Å²) in [4.78, 5) is 8.77. The van der Waals surface area contributed by atoms with Crippen LogP contribution in [-0.2, 0) is 0 Å². The molecule has 0 radical (unpaired) electrons. The van der Waals surface area contributed by atoms with Crippen LogP contribution in [0.25, 0.3) is 11.3 Å². The zero-order chi connectivity index (χ0) is 13.0. The van der Waals surface area contributed by atoms with E-state index in [0.717, 1.165) is 22.0 Å². The van der Waals surface area contributed by atoms with Gasteiger partial charge in [-0.3, -0.25) is 0 Å². The number of methoxy groups -OCH3 is 2. The highest BCUT2D eigenvalue weighted by atomic mass is 32.2. The summed E-state index contributed by atoms with van der Waals surface area (Å²) in [6.07, 6.45) is 3.69. The highest BCUT2D eigenvalue weighted by Gasteiger charge is 2.08. The van der Waals surface area contributed by atoms with Gasteiger partial charge in [-0.05, 0) is 30.5 Å². The van der Waals surface area contributed by atoms with Crippen molar-refractivity contribution in [1.29, 1.82) is 0 Å². The van der Waals surface area contributed by atoms with Gasteiger partial charge in [-0.1, -0.05) is 0 Å². The monoisotopic (exact) mass is 262 g/mol. The molecule has 2 rings (SSSR count). The maximum Gasteiger partial charge on any atom is 0.247 e. The minimum absolute atomic E-state index is 0.552. The molecule has 0 N–H and O–H groups in total. The van der Waals surface area contributed by atoms with Gasteiger partial charge in [0.25, 0.3) is 0 Å². The van der Waals surface area contributed by atoms with E-state index in [1.165, 1.54) is 11.8 Å². The SMILES string of the molecule is COc1ccc(-c2cnc(SC)c(OC)n2)cc1. The van der Waals surface area contributed by atoms with Crippen molar-refractivity contribution in [3.05, 3.63) is 30.5 Å². The van der Waals surface area contributed by atoms with Crippen molar-refractivity contribution in [1.82, 2.24) is 9.97 Å². The van der Waals surface area contributed by atoms with E-state index in [-0.39, 0.29) is 0 Å². The number of aromatic nitrogens is 2. The van der Waals surface area contributed by atoms with Gasteiger partial charge in [-0.25, -0.2) is 9.97 Å². The Morgan fingerprint density at radius 2 is 1.78 bits per heavy atom. The van der Waals surface area contributed by atoms with Gasteiger partial charge >= 0.3 is 0 Å². The Balaban J connectivity index is 2.37. The molecule has 0 aliphatic carbocycles. The lowest BCUT2D eigenvalue weighted by Crippen LogP contribution is -1.95. The molecule has 0 aliphatic rings. The van der Waals surface area contributed by atoms with E-state index in [1.54, 1.807) is 20.4 Å². The van der Waals surface area contributed by atoms with E-state index in [9.17, 15) is 0 Å². The lowest BCUT2D eigenvalue weighted by Gasteiger charge is -2.07. The Hall–Kier alpha value is -1.75. The summed E-state index contributed by atoms with van der Waals surface area (Å²) < 4.78 is 10.3. The minimum Gasteiger partial charge on any atom is -0.497 e. The number of hydrogen-bond acceptors (Lipinski definition) is 5. The molecular formula is C13H14N2O2S. The van der Waals surface area contributed by atoms with Crippen molar-refractivity contribution in [3.63, 3.8) is 0 Å². The molecular weight excluding hydrogens is 248 g/mol. The molecule has 0 atom stereocenters. The van der Waals surface area contributed by atoms with E-state index in [0.29, 0.717) is 5.88 Å². The average Bonchev–Trinajstić information content (AvgIpc) is 2.46. The molecule has 0 unspecified atom stereocenters. The van der Waals surface area contributed by atoms with Gasteiger partial charge in [0.05, 0.1) is 26.1 Å². The molecule has 0 amide bonds. The Kier molecular flexibility index (Phi) is 4.04. The Morgan fingerprint density at radius 1 is 1.06 bits per heavy atom. The van der Waals surface area contributed by atoms with Gasteiger partial charge in [0.1, 0.15) is 5.75 Å². The van der Waals surface area contributed by atoms with Crippen molar-refractivity contribution < 1.29 is 9.47 Å². The van der Waals surface area contributed by atoms with Crippen LogP contribution in [0.4, 0.5) is 0 Å². The van der Waals surface area contributed by atoms with E-state index in [2.05, 4.69) is 9.97 Å². The smallest absolute Gasteiger partial charge is 0.247 e. The first-order valence-electron chi connectivity index (χ1n) is 5.38. The molecule has 0 fully saturated rings. The normalized spacial score (nSPS) is 10.2. The molecule has 0 aliphatic heterocycles. The van der Waals surface area contributed by atoms with Crippen LogP contribution in [0.1, 0.15) is 0 Å². The van der Waals surface area contributed by atoms with Crippen LogP contribution in [0, 0.1) is 0 Å². The second-order valence-electron chi connectivity index (χ2n) is 3.50. The fraction of sp³-hybridized carbons (Fsp3) is 0.231. The van der Waals surface area contributed by atoms with E-state index < -0.39 is 0 Å². The molecule has 0 saturated carbocycles. The standard InChI is InChI=1S/C13H14N2O2S/c1-16-10-6-4-9(5-7-10)11-8-14-13(18-3)12(15-11)17-2/h4-8H,1-3H3. The van der Waals surface area contributed by atoms with Crippen molar-refractivity contribution in [2.24, 2.45) is 0 Å². The van der Waals surface area contributed by atoms with Crippen LogP contribution in [0.2, 0.25) is 0 Å². The summed E-state index contributed by atoms with van der Waals surface area (Å²) in [7, 11) is 3.24. The fourth-order valence-electron chi connectivity index (χ4n) is 1.53. The van der Waals surface area contributed by atoms with Crippen LogP contribution >= 0.6 is 11.8 Å². The molecule has 18 heavy (non-hydrogen) atoms. The summed E-state index contributed by atoms with van der Waals surface area (Å²) in [5, 5.41) is 0.787. The minimum atomic E-state index is 0.552. The Morgan fingerprint density at radius 3 is 2.33 bits per heavy atom. The Bertz CT molecular complexity index is 529. The van der Waals surface area contributed by atoms with Gasteiger partial charge < -0.3 is 9.47 Å². The highest BCUT2D eigenvalue weighted by Crippen LogP contribution is 2.27. The predicted molar refractivity (Wildman–Crippen MR) is 72.4 cm³/mol. The number of benzene rings is 1. The summed E-state index contributed by atoms with van der Waals surface area (Å²) >= 11 is 1.51. The van der Waals surface area contributed by atoms with Crippen molar-refractivity contribution in [2.45, 2.75) is 5.03 Å². The second kappa shape index (κ2) is 5.73. The average molecular weight is 262 g/mol. The molecule has 4 nitrogen and oxygen atoms in total. The summed E-state index contributed by atoms with van der Waals surface area (Å²) in [5.41, 5.74) is 1.77. The molecule has 0 bridgehead atoms. The quantitative estimate of drug-likeness (QED) is 0.793. The number of thioether (sulfide) groups is 1. The molecule has 94 valence electrons. The van der Waals surface area contributed by atoms with Gasteiger partial charge in [0, 0.05) is 5.56 Å². The summed E-state index contributed by atoms with van der Waals surface area (Å²) in [6.45, 7) is 0. The number of rotatable bonds is 4. The topological polar surface area (TPSA) is 44.2 Å². The highest BCUT2D eigenvalue weighted by molar-refractivity contribution is 7.98. The lowest BCUT2D eigenvalue weighted by molar-refractivity contribution is 0.383. The lowest BCUT2D eigenvalue weighted by atomic mass is 10.1. The molecule has 1 aromatic carbocycles. The predicted octanol–water partition coefficient (Wildman–Crippen LogP) is 2.88. The van der Waals surface area contributed by atoms with Gasteiger partial charge in [-0.2, -0.15) is 0 Å². The first-order valence-corrected chi connectivity index (χ1v) is 6.60. The van der Waals surface area contributed by atoms with Crippen LogP contribution in [0.15, 0.2) is 35.5 Å². The summed E-state index contributed by atoms with van der Waals surface area (Å²) in [5.74, 6) is 1.37. The molecule has 2 aromatic rings. The molecule has 1 heterocycles. The number of nitrogens with zero attached hydrogens (tertiary/aromatic N) is 2. The molecule has 1 aromatic heterocycles. The maximum absolute atomic E-state index is 5.22. The van der Waals surface area contributed by atoms with Gasteiger partial charge in [-0.15, -0.1) is 11.8 Å². The van der Waals surface area contributed by atoms with Crippen molar-refractivity contribution in [2.75, 3.05) is 20.5 Å². The number of hydrogen-bond donors (Lipinski definition) is 0. The summed E-state index contributed by atoms with van der Waals surface area (Å²) in [6, 6.07) is 7.68. The van der Waals surface area contributed by atoms with E-state index in [4.69, 9.17) is 9.47 Å². The third-order valence-corrected chi connectivity index (χ3v) is 3.15. The second-order valence-corrected chi connectivity index (χ2v) is 4.30. The maximum atomic E-state index is 5.22. The molecule has 5 heteroatoms. The van der Waals surface area contributed by atoms with Crippen molar-refractivity contribution in [3.8, 4) is 22.9 Å². The first-order chi connectivity index (χ1) is 8.78. The van der Waals surface area contributed by atoms with E-state index in [1.807, 2.05) is 30.5 Å². The van der Waals surface area contributed by atoms with Gasteiger partial charge in [0.15, 0.2) is 5.03 Å². The number of ether oxygens (including phenoxy) is 2. The van der Waals surface area contributed by atoms with Crippen molar-refractivity contribution >= 4 is 11.8 Å². The third-order valence-electron chi connectivity index (χ3n) is 2.48. The van der Waals surface area contributed by atoms with Gasteiger partial charge in [0.2, 0.25) is 5.88 Å². The zero-order valence-corrected chi connectivity index (χ0v) is 11.3. The fourth-order valence-corrected chi connectivity index (χ4v) is 2.00. The van der Waals surface area contributed by atoms with E-state index >= 15 is 0 Å². The van der Waals surface area contributed by atoms with Crippen LogP contribution in [-0.4, -0.2) is 30.4 Å². The molecule has 0 saturated heterocycles. The molecule has 0 spiro atoms. The van der Waals surface area contributed by atoms with Crippen LogP contribution in [0.3, 0.4) is 0 Å². The van der Waals surface area contributed by atoms with Crippen LogP contribution in [0.5, 0.6) is 11.6 Å². The third kappa shape index (κ3) is 2.56. The largest absolute Gasteiger partial charge is 0.497 e.